The van der Waals surface area contributed by atoms with Crippen molar-refractivity contribution in [2.24, 2.45) is 0 Å². The normalized spacial score (nSPS) is 11.6. The van der Waals surface area contributed by atoms with Gasteiger partial charge in [0, 0.05) is 23.0 Å². The van der Waals surface area contributed by atoms with E-state index in [4.69, 9.17) is 16.6 Å². The van der Waals surface area contributed by atoms with Crippen LogP contribution in [0, 0.1) is 6.92 Å². The molecule has 0 unspecified atom stereocenters. The fourth-order valence-corrected chi connectivity index (χ4v) is 3.97. The second kappa shape index (κ2) is 8.17. The van der Waals surface area contributed by atoms with Gasteiger partial charge in [-0.15, -0.1) is 0 Å². The van der Waals surface area contributed by atoms with Crippen LogP contribution in [-0.4, -0.2) is 19.5 Å². The molecular formula is C21H27ClN4. The first-order valence-electron chi connectivity index (χ1n) is 9.58. The molecule has 0 N–H and O–H groups in total. The highest BCUT2D eigenvalue weighted by atomic mass is 35.5. The molecule has 0 saturated carbocycles. The van der Waals surface area contributed by atoms with Crippen molar-refractivity contribution in [2.45, 2.75) is 65.8 Å². The van der Waals surface area contributed by atoms with Crippen LogP contribution >= 0.6 is 11.6 Å². The molecule has 0 aliphatic carbocycles. The van der Waals surface area contributed by atoms with E-state index in [1.54, 1.807) is 6.33 Å². The predicted octanol–water partition coefficient (Wildman–Crippen LogP) is 6.16. The highest BCUT2D eigenvalue weighted by Gasteiger charge is 2.21. The first-order chi connectivity index (χ1) is 12.6. The van der Waals surface area contributed by atoms with Crippen LogP contribution in [0.15, 0.2) is 24.5 Å². The van der Waals surface area contributed by atoms with Crippen molar-refractivity contribution in [2.75, 3.05) is 0 Å². The van der Waals surface area contributed by atoms with Crippen molar-refractivity contribution < 1.29 is 0 Å². The second-order valence-corrected chi connectivity index (χ2v) is 7.27. The van der Waals surface area contributed by atoms with Crippen LogP contribution in [-0.2, 0) is 6.42 Å². The third kappa shape index (κ3) is 3.48. The Morgan fingerprint density at radius 2 is 1.81 bits per heavy atom. The van der Waals surface area contributed by atoms with Crippen LogP contribution in [0.3, 0.4) is 0 Å². The van der Waals surface area contributed by atoms with Gasteiger partial charge < -0.3 is 4.57 Å². The van der Waals surface area contributed by atoms with Crippen LogP contribution in [0.4, 0.5) is 0 Å². The van der Waals surface area contributed by atoms with Crippen molar-refractivity contribution in [1.29, 1.82) is 0 Å². The molecule has 1 aromatic carbocycles. The Morgan fingerprint density at radius 1 is 1.08 bits per heavy atom. The van der Waals surface area contributed by atoms with Crippen LogP contribution in [0.5, 0.6) is 0 Å². The number of nitrogens with zero attached hydrogens (tertiary/aromatic N) is 4. The average molecular weight is 371 g/mol. The first-order valence-corrected chi connectivity index (χ1v) is 9.96. The van der Waals surface area contributed by atoms with Crippen molar-refractivity contribution >= 4 is 22.8 Å². The van der Waals surface area contributed by atoms with Gasteiger partial charge in [-0.1, -0.05) is 51.3 Å². The number of hydrogen-bond acceptors (Lipinski definition) is 3. The molecule has 3 rings (SSSR count). The number of aryl methyl sites for hydroxylation is 2. The quantitative estimate of drug-likeness (QED) is 0.500. The van der Waals surface area contributed by atoms with Gasteiger partial charge in [0.2, 0.25) is 0 Å². The number of hydrogen-bond donors (Lipinski definition) is 0. The Morgan fingerprint density at radius 3 is 2.42 bits per heavy atom. The molecule has 4 nitrogen and oxygen atoms in total. The van der Waals surface area contributed by atoms with E-state index in [2.05, 4.69) is 42.2 Å². The molecule has 3 aromatic rings. The molecular weight excluding hydrogens is 344 g/mol. The van der Waals surface area contributed by atoms with Crippen molar-refractivity contribution in [3.63, 3.8) is 0 Å². The summed E-state index contributed by atoms with van der Waals surface area (Å²) in [5, 5.41) is 0.738. The van der Waals surface area contributed by atoms with E-state index in [0.717, 1.165) is 70.9 Å². The van der Waals surface area contributed by atoms with Crippen LogP contribution in [0.1, 0.15) is 63.9 Å². The lowest BCUT2D eigenvalue weighted by Crippen LogP contribution is -2.12. The monoisotopic (exact) mass is 370 g/mol. The zero-order valence-electron chi connectivity index (χ0n) is 16.1. The third-order valence-corrected chi connectivity index (χ3v) is 5.15. The van der Waals surface area contributed by atoms with E-state index >= 15 is 0 Å². The SMILES string of the molecule is CCCC(CCC)n1c(CC)nc2c(-c3ccc(Cl)cc3C)ncnc21. The summed E-state index contributed by atoms with van der Waals surface area (Å²) in [4.78, 5) is 14.2. The van der Waals surface area contributed by atoms with Crippen LogP contribution < -0.4 is 0 Å². The van der Waals surface area contributed by atoms with Gasteiger partial charge in [0.25, 0.3) is 0 Å². The molecule has 0 aliphatic rings. The van der Waals surface area contributed by atoms with E-state index in [-0.39, 0.29) is 0 Å². The molecule has 2 heterocycles. The molecule has 0 amide bonds. The minimum Gasteiger partial charge on any atom is -0.309 e. The first kappa shape index (κ1) is 18.8. The summed E-state index contributed by atoms with van der Waals surface area (Å²) in [6, 6.07) is 6.35. The maximum absolute atomic E-state index is 6.13. The fourth-order valence-electron chi connectivity index (χ4n) is 3.75. The minimum atomic E-state index is 0.444. The zero-order valence-corrected chi connectivity index (χ0v) is 16.8. The molecule has 0 aliphatic heterocycles. The third-order valence-electron chi connectivity index (χ3n) is 4.92. The van der Waals surface area contributed by atoms with Gasteiger partial charge in [0.05, 0.1) is 0 Å². The lowest BCUT2D eigenvalue weighted by Gasteiger charge is -2.20. The van der Waals surface area contributed by atoms with Gasteiger partial charge in [0.1, 0.15) is 23.4 Å². The Hall–Kier alpha value is -1.94. The van der Waals surface area contributed by atoms with E-state index < -0.39 is 0 Å². The standard InChI is InChI=1S/C21H27ClN4/c1-5-8-16(9-6-2)26-18(7-3)25-20-19(23-13-24-21(20)26)17-11-10-15(22)12-14(17)4/h10-13,16H,5-9H2,1-4H3. The lowest BCUT2D eigenvalue weighted by atomic mass is 10.0. The molecule has 0 spiro atoms. The van der Waals surface area contributed by atoms with Crippen molar-refractivity contribution in [1.82, 2.24) is 19.5 Å². The number of benzene rings is 1. The number of halogens is 1. The summed E-state index contributed by atoms with van der Waals surface area (Å²) in [5.74, 6) is 1.10. The zero-order chi connectivity index (χ0) is 18.7. The highest BCUT2D eigenvalue weighted by Crippen LogP contribution is 2.33. The van der Waals surface area contributed by atoms with E-state index in [1.807, 2.05) is 18.2 Å². The predicted molar refractivity (Wildman–Crippen MR) is 109 cm³/mol. The summed E-state index contributed by atoms with van der Waals surface area (Å²) < 4.78 is 2.36. The van der Waals surface area contributed by atoms with E-state index in [0.29, 0.717) is 6.04 Å². The fraction of sp³-hybridized carbons (Fsp3) is 0.476. The number of imidazole rings is 1. The summed E-state index contributed by atoms with van der Waals surface area (Å²) in [6.07, 6.45) is 7.15. The Kier molecular flexibility index (Phi) is 5.92. The summed E-state index contributed by atoms with van der Waals surface area (Å²) in [6.45, 7) is 8.70. The molecule has 0 saturated heterocycles. The van der Waals surface area contributed by atoms with Crippen molar-refractivity contribution in [3.8, 4) is 11.3 Å². The molecule has 2 aromatic heterocycles. The molecule has 0 bridgehead atoms. The van der Waals surface area contributed by atoms with Crippen LogP contribution in [0.25, 0.3) is 22.4 Å². The van der Waals surface area contributed by atoms with Gasteiger partial charge in [-0.25, -0.2) is 15.0 Å². The van der Waals surface area contributed by atoms with Crippen LogP contribution in [0.2, 0.25) is 5.02 Å². The molecule has 26 heavy (non-hydrogen) atoms. The molecule has 0 atom stereocenters. The van der Waals surface area contributed by atoms with Gasteiger partial charge >= 0.3 is 0 Å². The molecule has 0 fully saturated rings. The van der Waals surface area contributed by atoms with Gasteiger partial charge in [-0.05, 0) is 37.5 Å². The molecule has 138 valence electrons. The average Bonchev–Trinajstić information content (AvgIpc) is 3.00. The Bertz CT molecular complexity index is 894. The van der Waals surface area contributed by atoms with Gasteiger partial charge in [0.15, 0.2) is 5.65 Å². The Labute approximate surface area is 160 Å². The van der Waals surface area contributed by atoms with E-state index in [1.165, 1.54) is 0 Å². The smallest absolute Gasteiger partial charge is 0.164 e. The largest absolute Gasteiger partial charge is 0.309 e. The van der Waals surface area contributed by atoms with Gasteiger partial charge in [-0.2, -0.15) is 0 Å². The number of rotatable bonds is 7. The summed E-state index contributed by atoms with van der Waals surface area (Å²) in [7, 11) is 0. The molecule has 5 heteroatoms. The maximum atomic E-state index is 6.13. The van der Waals surface area contributed by atoms with Crippen molar-refractivity contribution in [3.05, 3.63) is 40.9 Å². The van der Waals surface area contributed by atoms with E-state index in [9.17, 15) is 0 Å². The maximum Gasteiger partial charge on any atom is 0.164 e. The number of aromatic nitrogens is 4. The summed E-state index contributed by atoms with van der Waals surface area (Å²) in [5.41, 5.74) is 4.91. The lowest BCUT2D eigenvalue weighted by molar-refractivity contribution is 0.423. The van der Waals surface area contributed by atoms with Gasteiger partial charge in [-0.3, -0.25) is 0 Å². The summed E-state index contributed by atoms with van der Waals surface area (Å²) >= 11 is 6.13. The Balaban J connectivity index is 2.23. The topological polar surface area (TPSA) is 43.6 Å². The second-order valence-electron chi connectivity index (χ2n) is 6.84. The molecule has 0 radical (unpaired) electrons. The number of fused-ring (bicyclic) bond motifs is 1. The minimum absolute atomic E-state index is 0.444. The highest BCUT2D eigenvalue weighted by molar-refractivity contribution is 6.30.